The summed E-state index contributed by atoms with van der Waals surface area (Å²) in [6.07, 6.45) is 2.34. The lowest BCUT2D eigenvalue weighted by Crippen LogP contribution is -2.73. The fourth-order valence-corrected chi connectivity index (χ4v) is 3.50. The van der Waals surface area contributed by atoms with Gasteiger partial charge in [0.25, 0.3) is 10.0 Å². The Morgan fingerprint density at radius 2 is 2.17 bits per heavy atom. The molecule has 0 atom stereocenters. The van der Waals surface area contributed by atoms with Gasteiger partial charge in [0.1, 0.15) is 11.8 Å². The van der Waals surface area contributed by atoms with E-state index in [1.165, 1.54) is 0 Å². The first-order valence-corrected chi connectivity index (χ1v) is 6.69. The highest BCUT2D eigenvalue weighted by Gasteiger charge is 2.59. The number of carbonyl (C=O) groups excluding carboxylic acids is 2. The smallest absolute Gasteiger partial charge is 0.262 e. The number of hydrogen-bond donors (Lipinski definition) is 2. The minimum Gasteiger partial charge on any atom is -0.450 e. The second-order valence-corrected chi connectivity index (χ2v) is 6.07. The molecule has 1 aliphatic carbocycles. The molecule has 3 aliphatic rings. The fraction of sp³-hybridized carbons (Fsp3) is 0.444. The summed E-state index contributed by atoms with van der Waals surface area (Å²) in [6.45, 7) is 0. The van der Waals surface area contributed by atoms with Gasteiger partial charge in [-0.3, -0.25) is 14.9 Å². The van der Waals surface area contributed by atoms with E-state index < -0.39 is 21.5 Å². The van der Waals surface area contributed by atoms with Gasteiger partial charge >= 0.3 is 0 Å². The van der Waals surface area contributed by atoms with Crippen molar-refractivity contribution in [2.45, 2.75) is 23.4 Å². The number of oxazole rings is 1. The van der Waals surface area contributed by atoms with Crippen LogP contribution in [0.5, 0.6) is 0 Å². The van der Waals surface area contributed by atoms with Gasteiger partial charge in [0.05, 0.1) is 0 Å². The summed E-state index contributed by atoms with van der Waals surface area (Å²) < 4.78 is 30.7. The number of sulfonamides is 1. The van der Waals surface area contributed by atoms with E-state index in [1.54, 1.807) is 0 Å². The highest BCUT2D eigenvalue weighted by molar-refractivity contribution is 7.89. The van der Waals surface area contributed by atoms with Crippen molar-refractivity contribution in [1.29, 1.82) is 0 Å². The van der Waals surface area contributed by atoms with Gasteiger partial charge in [-0.2, -0.15) is 4.72 Å². The van der Waals surface area contributed by atoms with Crippen molar-refractivity contribution in [3.05, 3.63) is 12.7 Å². The quantitative estimate of drug-likeness (QED) is 0.664. The van der Waals surface area contributed by atoms with Gasteiger partial charge in [-0.1, -0.05) is 0 Å². The molecule has 2 amide bonds. The molecule has 2 bridgehead atoms. The fourth-order valence-electron chi connectivity index (χ4n) is 2.26. The number of imide groups is 1. The third kappa shape index (κ3) is 1.47. The van der Waals surface area contributed by atoms with E-state index in [0.29, 0.717) is 0 Å². The zero-order valence-corrected chi connectivity index (χ0v) is 9.86. The van der Waals surface area contributed by atoms with Gasteiger partial charge in [0, 0.05) is 5.92 Å². The molecule has 4 rings (SSSR count). The van der Waals surface area contributed by atoms with Crippen LogP contribution in [0.2, 0.25) is 0 Å². The molecule has 0 aromatic carbocycles. The Hall–Kier alpha value is -1.74. The van der Waals surface area contributed by atoms with Crippen LogP contribution in [0.15, 0.2) is 22.1 Å². The van der Waals surface area contributed by atoms with Gasteiger partial charge in [-0.25, -0.2) is 13.4 Å². The van der Waals surface area contributed by atoms with Gasteiger partial charge < -0.3 is 4.42 Å². The Bertz CT molecular complexity index is 615. The zero-order valence-electron chi connectivity index (χ0n) is 9.04. The number of rotatable bonds is 3. The topological polar surface area (TPSA) is 118 Å². The van der Waals surface area contributed by atoms with Crippen LogP contribution in [-0.4, -0.2) is 30.8 Å². The minimum absolute atomic E-state index is 0.189. The van der Waals surface area contributed by atoms with Crippen molar-refractivity contribution < 1.29 is 22.4 Å². The molecule has 2 N–H and O–H groups in total. The number of aromatic nitrogens is 1. The van der Waals surface area contributed by atoms with Crippen LogP contribution in [0.4, 0.5) is 0 Å². The minimum atomic E-state index is -3.91. The Balaban J connectivity index is 1.87. The van der Waals surface area contributed by atoms with E-state index in [9.17, 15) is 18.0 Å². The third-order valence-electron chi connectivity index (χ3n) is 3.25. The van der Waals surface area contributed by atoms with Crippen LogP contribution < -0.4 is 10.0 Å². The average molecular weight is 271 g/mol. The number of nitrogens with zero attached hydrogens (tertiary/aromatic N) is 1. The van der Waals surface area contributed by atoms with Crippen molar-refractivity contribution in [2.24, 2.45) is 5.92 Å². The molecule has 0 spiro atoms. The Morgan fingerprint density at radius 3 is 2.72 bits per heavy atom. The lowest BCUT2D eigenvalue weighted by atomic mass is 9.65. The molecule has 8 nitrogen and oxygen atoms in total. The third-order valence-corrected chi connectivity index (χ3v) is 4.66. The first-order chi connectivity index (χ1) is 8.43. The Kier molecular flexibility index (Phi) is 2.14. The maximum atomic E-state index is 11.9. The van der Waals surface area contributed by atoms with Crippen molar-refractivity contribution in [3.63, 3.8) is 0 Å². The lowest BCUT2D eigenvalue weighted by molar-refractivity contribution is -0.151. The van der Waals surface area contributed by atoms with Gasteiger partial charge in [0.15, 0.2) is 6.39 Å². The van der Waals surface area contributed by atoms with Crippen LogP contribution in [-0.2, 0) is 19.6 Å². The van der Waals surface area contributed by atoms with E-state index in [2.05, 4.69) is 19.4 Å². The van der Waals surface area contributed by atoms with Crippen molar-refractivity contribution in [2.75, 3.05) is 0 Å². The molecule has 2 aliphatic heterocycles. The summed E-state index contributed by atoms with van der Waals surface area (Å²) in [5, 5.41) is 1.85. The Labute approximate surface area is 102 Å². The molecule has 2 saturated heterocycles. The van der Waals surface area contributed by atoms with Gasteiger partial charge in [-0.15, -0.1) is 0 Å². The number of fused-ring (bicyclic) bond motifs is 2. The summed E-state index contributed by atoms with van der Waals surface area (Å²) in [4.78, 5) is 26.5. The number of piperidine rings is 2. The van der Waals surface area contributed by atoms with Crippen LogP contribution in [0.3, 0.4) is 0 Å². The molecule has 3 heterocycles. The molecule has 1 aromatic heterocycles. The predicted molar refractivity (Wildman–Crippen MR) is 55.4 cm³/mol. The van der Waals surface area contributed by atoms with E-state index in [-0.39, 0.29) is 29.7 Å². The first kappa shape index (κ1) is 11.4. The van der Waals surface area contributed by atoms with E-state index in [4.69, 9.17) is 0 Å². The highest BCUT2D eigenvalue weighted by atomic mass is 32.2. The largest absolute Gasteiger partial charge is 0.450 e. The SMILES string of the molecule is O=C1NC(=O)C2(NS(=O)(=O)c3cocn3)CC1C2. The standard InChI is InChI=1S/C9H9N3O5S/c13-7-5-1-9(2-5,8(14)11-7)12-18(15,16)6-3-17-4-10-6/h3-5,12H,1-2H2,(H,11,13,14). The Morgan fingerprint density at radius 1 is 1.44 bits per heavy atom. The monoisotopic (exact) mass is 271 g/mol. The van der Waals surface area contributed by atoms with Crippen LogP contribution in [0.25, 0.3) is 0 Å². The molecule has 1 aromatic rings. The second kappa shape index (κ2) is 3.39. The molecular weight excluding hydrogens is 262 g/mol. The van der Waals surface area contributed by atoms with Crippen molar-refractivity contribution >= 4 is 21.8 Å². The van der Waals surface area contributed by atoms with Crippen LogP contribution in [0.1, 0.15) is 12.8 Å². The number of nitrogens with one attached hydrogen (secondary N) is 2. The molecule has 1 saturated carbocycles. The number of hydrogen-bond acceptors (Lipinski definition) is 6. The van der Waals surface area contributed by atoms with E-state index in [0.717, 1.165) is 12.7 Å². The predicted octanol–water partition coefficient (Wildman–Crippen LogP) is -1.24. The molecule has 96 valence electrons. The maximum absolute atomic E-state index is 11.9. The summed E-state index contributed by atoms with van der Waals surface area (Å²) in [5.41, 5.74) is -1.23. The molecule has 0 unspecified atom stereocenters. The average Bonchev–Trinajstić information content (AvgIpc) is 2.73. The van der Waals surface area contributed by atoms with Crippen LogP contribution >= 0.6 is 0 Å². The summed E-state index contributed by atoms with van der Waals surface area (Å²) >= 11 is 0. The lowest BCUT2D eigenvalue weighted by Gasteiger charge is -2.49. The highest BCUT2D eigenvalue weighted by Crippen LogP contribution is 2.42. The molecule has 9 heteroatoms. The van der Waals surface area contributed by atoms with Gasteiger partial charge in [0.2, 0.25) is 16.8 Å². The molecule has 0 radical (unpaired) electrons. The molecule has 3 fully saturated rings. The van der Waals surface area contributed by atoms with Crippen LogP contribution in [0, 0.1) is 5.92 Å². The maximum Gasteiger partial charge on any atom is 0.262 e. The summed E-state index contributed by atoms with van der Waals surface area (Å²) in [5.74, 6) is -1.26. The van der Waals surface area contributed by atoms with E-state index in [1.807, 2.05) is 0 Å². The van der Waals surface area contributed by atoms with E-state index >= 15 is 0 Å². The second-order valence-electron chi connectivity index (χ2n) is 4.44. The van der Waals surface area contributed by atoms with Crippen molar-refractivity contribution in [3.8, 4) is 0 Å². The molecule has 18 heavy (non-hydrogen) atoms. The number of carbonyl (C=O) groups is 2. The van der Waals surface area contributed by atoms with Crippen molar-refractivity contribution in [1.82, 2.24) is 15.0 Å². The molecular formula is C9H9N3O5S. The summed E-state index contributed by atoms with van der Waals surface area (Å²) in [6, 6.07) is 0. The number of amides is 2. The normalized spacial score (nSPS) is 30.8. The van der Waals surface area contributed by atoms with Gasteiger partial charge in [-0.05, 0) is 12.8 Å². The zero-order chi connectivity index (χ0) is 13.0. The summed E-state index contributed by atoms with van der Waals surface area (Å²) in [7, 11) is -3.91. The first-order valence-electron chi connectivity index (χ1n) is 5.20.